The molecule has 2 amide bonds. The zero-order valence-corrected chi connectivity index (χ0v) is 20.1. The summed E-state index contributed by atoms with van der Waals surface area (Å²) in [5.74, 6) is -0.848. The number of methoxy groups -OCH3 is 1. The van der Waals surface area contributed by atoms with E-state index in [2.05, 4.69) is 4.72 Å². The SMILES string of the molecule is COC(=S)N(C)C1CN(c2ccc(N3CCN(C(=O)CNS(C)(=O)=O)CC3)c(F)c2)C(=O)O1. The summed E-state index contributed by atoms with van der Waals surface area (Å²) in [6.07, 6.45) is -0.289. The molecule has 1 aromatic rings. The lowest BCUT2D eigenvalue weighted by Gasteiger charge is -2.36. The first-order valence-electron chi connectivity index (χ1n) is 10.1. The van der Waals surface area contributed by atoms with Gasteiger partial charge in [0.15, 0.2) is 6.23 Å². The van der Waals surface area contributed by atoms with Gasteiger partial charge in [0.05, 0.1) is 37.8 Å². The molecule has 0 bridgehead atoms. The third kappa shape index (κ3) is 6.00. The molecule has 0 aliphatic carbocycles. The third-order valence-electron chi connectivity index (χ3n) is 5.39. The van der Waals surface area contributed by atoms with Gasteiger partial charge in [-0.3, -0.25) is 14.6 Å². The van der Waals surface area contributed by atoms with Crippen LogP contribution in [-0.4, -0.2) is 101 Å². The topological polar surface area (TPSA) is 112 Å². The predicted molar refractivity (Wildman–Crippen MR) is 123 cm³/mol. The van der Waals surface area contributed by atoms with E-state index in [0.29, 0.717) is 37.6 Å². The van der Waals surface area contributed by atoms with Crippen LogP contribution < -0.4 is 14.5 Å². The number of sulfonamides is 1. The molecule has 33 heavy (non-hydrogen) atoms. The highest BCUT2D eigenvalue weighted by Crippen LogP contribution is 2.29. The highest BCUT2D eigenvalue weighted by Gasteiger charge is 2.36. The Hall–Kier alpha value is -2.71. The highest BCUT2D eigenvalue weighted by atomic mass is 32.2. The molecule has 14 heteroatoms. The van der Waals surface area contributed by atoms with Crippen molar-refractivity contribution in [2.75, 3.05) is 69.5 Å². The first-order valence-corrected chi connectivity index (χ1v) is 12.4. The second-order valence-corrected chi connectivity index (χ2v) is 9.81. The molecule has 0 radical (unpaired) electrons. The number of anilines is 2. The van der Waals surface area contributed by atoms with Gasteiger partial charge >= 0.3 is 6.09 Å². The lowest BCUT2D eigenvalue weighted by Crippen LogP contribution is -2.51. The maximum Gasteiger partial charge on any atom is 0.416 e. The van der Waals surface area contributed by atoms with Gasteiger partial charge in [0, 0.05) is 33.2 Å². The molecule has 0 saturated carbocycles. The van der Waals surface area contributed by atoms with E-state index in [1.165, 1.54) is 27.9 Å². The summed E-state index contributed by atoms with van der Waals surface area (Å²) in [6.45, 7) is 1.27. The molecule has 2 aliphatic heterocycles. The van der Waals surface area contributed by atoms with Crippen LogP contribution in [0.25, 0.3) is 0 Å². The fourth-order valence-corrected chi connectivity index (χ4v) is 4.05. The number of ether oxygens (including phenoxy) is 2. The fourth-order valence-electron chi connectivity index (χ4n) is 3.54. The number of nitrogens with zero attached hydrogens (tertiary/aromatic N) is 4. The molecule has 0 spiro atoms. The molecular weight excluding hydrogens is 477 g/mol. The maximum atomic E-state index is 14.9. The predicted octanol–water partition coefficient (Wildman–Crippen LogP) is 0.169. The second-order valence-electron chi connectivity index (χ2n) is 7.63. The van der Waals surface area contributed by atoms with Gasteiger partial charge < -0.3 is 19.3 Å². The van der Waals surface area contributed by atoms with Crippen molar-refractivity contribution in [1.29, 1.82) is 0 Å². The van der Waals surface area contributed by atoms with Crippen molar-refractivity contribution in [3.63, 3.8) is 0 Å². The summed E-state index contributed by atoms with van der Waals surface area (Å²) in [6, 6.07) is 4.48. The molecule has 0 aromatic heterocycles. The Morgan fingerprint density at radius 3 is 2.58 bits per heavy atom. The highest BCUT2D eigenvalue weighted by molar-refractivity contribution is 7.88. The largest absolute Gasteiger partial charge is 0.474 e. The molecule has 1 N–H and O–H groups in total. The van der Waals surface area contributed by atoms with Crippen molar-refractivity contribution in [1.82, 2.24) is 14.5 Å². The van der Waals surface area contributed by atoms with E-state index in [9.17, 15) is 22.4 Å². The van der Waals surface area contributed by atoms with E-state index in [-0.39, 0.29) is 24.2 Å². The zero-order valence-electron chi connectivity index (χ0n) is 18.5. The van der Waals surface area contributed by atoms with E-state index < -0.39 is 28.2 Å². The van der Waals surface area contributed by atoms with Crippen LogP contribution in [0.4, 0.5) is 20.6 Å². The van der Waals surface area contributed by atoms with Gasteiger partial charge in [-0.25, -0.2) is 22.3 Å². The average Bonchev–Trinajstić information content (AvgIpc) is 3.17. The van der Waals surface area contributed by atoms with Crippen molar-refractivity contribution in [3.8, 4) is 0 Å². The number of piperazine rings is 1. The number of likely N-dealkylation sites (N-methyl/N-ethyl adjacent to an activating group) is 1. The molecule has 11 nitrogen and oxygen atoms in total. The summed E-state index contributed by atoms with van der Waals surface area (Å²) in [5.41, 5.74) is 0.697. The Balaban J connectivity index is 1.61. The molecule has 2 fully saturated rings. The van der Waals surface area contributed by atoms with Crippen molar-refractivity contribution in [3.05, 3.63) is 24.0 Å². The third-order valence-corrected chi connectivity index (χ3v) is 6.52. The number of cyclic esters (lactones) is 1. The minimum atomic E-state index is -3.46. The number of hydrogen-bond donors (Lipinski definition) is 1. The van der Waals surface area contributed by atoms with Gasteiger partial charge in [0.25, 0.3) is 5.17 Å². The number of carbonyl (C=O) groups excluding carboxylic acids is 2. The van der Waals surface area contributed by atoms with E-state index in [0.717, 1.165) is 6.26 Å². The summed E-state index contributed by atoms with van der Waals surface area (Å²) in [7, 11) is -0.398. The van der Waals surface area contributed by atoms with E-state index in [1.54, 1.807) is 24.1 Å². The molecule has 1 aromatic carbocycles. The number of amides is 2. The van der Waals surface area contributed by atoms with E-state index in [1.807, 2.05) is 0 Å². The number of halogens is 1. The van der Waals surface area contributed by atoms with Gasteiger partial charge in [-0.15, -0.1) is 0 Å². The van der Waals surface area contributed by atoms with Gasteiger partial charge in [0.2, 0.25) is 15.9 Å². The standard InChI is InChI=1S/C19H26FN5O6S2/c1-22(19(32)30-2)17-12-25(18(27)31-17)13-4-5-15(14(20)10-13)23-6-8-24(9-7-23)16(26)11-21-33(3,28)29/h4-5,10,17,21H,6-9,11-12H2,1-3H3. The summed E-state index contributed by atoms with van der Waals surface area (Å²) in [4.78, 5) is 30.6. The smallest absolute Gasteiger partial charge is 0.416 e. The average molecular weight is 504 g/mol. The molecule has 2 aliphatic rings. The number of rotatable bonds is 6. The van der Waals surface area contributed by atoms with Crippen LogP contribution in [-0.2, 0) is 24.3 Å². The Kier molecular flexibility index (Phi) is 7.59. The van der Waals surface area contributed by atoms with Gasteiger partial charge in [-0.05, 0) is 30.4 Å². The van der Waals surface area contributed by atoms with Crippen LogP contribution in [0.3, 0.4) is 0 Å². The summed E-state index contributed by atoms with van der Waals surface area (Å²) in [5, 5.41) is 0.168. The minimum Gasteiger partial charge on any atom is -0.474 e. The molecule has 3 rings (SSSR count). The van der Waals surface area contributed by atoms with Gasteiger partial charge in [-0.1, -0.05) is 0 Å². The van der Waals surface area contributed by atoms with E-state index >= 15 is 0 Å². The first-order chi connectivity index (χ1) is 15.5. The van der Waals surface area contributed by atoms with Gasteiger partial charge in [0.1, 0.15) is 5.82 Å². The molecule has 1 unspecified atom stereocenters. The van der Waals surface area contributed by atoms with E-state index in [4.69, 9.17) is 21.7 Å². The maximum absolute atomic E-state index is 14.9. The van der Waals surface area contributed by atoms with Crippen LogP contribution in [0.2, 0.25) is 0 Å². The van der Waals surface area contributed by atoms with Crippen LogP contribution in [0.15, 0.2) is 18.2 Å². The van der Waals surface area contributed by atoms with Crippen LogP contribution in [0.1, 0.15) is 0 Å². The van der Waals surface area contributed by atoms with Crippen LogP contribution in [0, 0.1) is 5.82 Å². The van der Waals surface area contributed by atoms with Crippen LogP contribution >= 0.6 is 12.2 Å². The van der Waals surface area contributed by atoms with Crippen molar-refractivity contribution in [2.24, 2.45) is 0 Å². The Morgan fingerprint density at radius 1 is 1.33 bits per heavy atom. The molecule has 1 atom stereocenters. The number of thiocarbonyl (C=S) groups is 1. The number of benzene rings is 1. The Morgan fingerprint density at radius 2 is 2.00 bits per heavy atom. The summed E-state index contributed by atoms with van der Waals surface area (Å²) < 4.78 is 49.7. The lowest BCUT2D eigenvalue weighted by molar-refractivity contribution is -0.130. The van der Waals surface area contributed by atoms with Crippen LogP contribution in [0.5, 0.6) is 0 Å². The minimum absolute atomic E-state index is 0.153. The Bertz CT molecular complexity index is 1030. The molecular formula is C19H26FN5O6S2. The normalized spacial score (nSPS) is 18.8. The number of nitrogens with one attached hydrogen (secondary N) is 1. The van der Waals surface area contributed by atoms with Gasteiger partial charge in [-0.2, -0.15) is 0 Å². The van der Waals surface area contributed by atoms with Crippen molar-refractivity contribution in [2.45, 2.75) is 6.23 Å². The van der Waals surface area contributed by atoms with Crippen molar-refractivity contribution < 1.29 is 31.9 Å². The molecule has 182 valence electrons. The second kappa shape index (κ2) is 10.1. The molecule has 2 heterocycles. The lowest BCUT2D eigenvalue weighted by atomic mass is 10.2. The Labute approximate surface area is 197 Å². The first kappa shape index (κ1) is 24.9. The fraction of sp³-hybridized carbons (Fsp3) is 0.526. The quantitative estimate of drug-likeness (QED) is 0.543. The number of hydrogen-bond acceptors (Lipinski definition) is 8. The summed E-state index contributed by atoms with van der Waals surface area (Å²) >= 11 is 5.05. The number of carbonyl (C=O) groups is 2. The van der Waals surface area contributed by atoms with Crippen molar-refractivity contribution >= 4 is 50.8 Å². The molecule has 2 saturated heterocycles. The monoisotopic (exact) mass is 503 g/mol. The zero-order chi connectivity index (χ0) is 24.3.